The summed E-state index contributed by atoms with van der Waals surface area (Å²) in [5.41, 5.74) is 5.26. The lowest BCUT2D eigenvalue weighted by atomic mass is 10.2. The summed E-state index contributed by atoms with van der Waals surface area (Å²) in [6.07, 6.45) is 1.66. The first-order chi connectivity index (χ1) is 11.6. The summed E-state index contributed by atoms with van der Waals surface area (Å²) >= 11 is 0. The van der Waals surface area contributed by atoms with Gasteiger partial charge in [-0.1, -0.05) is 24.3 Å². The van der Waals surface area contributed by atoms with Gasteiger partial charge in [-0.05, 0) is 61.4 Å². The average Bonchev–Trinajstić information content (AvgIpc) is 2.55. The maximum absolute atomic E-state index is 12.2. The first-order valence-electron chi connectivity index (χ1n) is 7.78. The van der Waals surface area contributed by atoms with Crippen LogP contribution in [-0.4, -0.2) is 10.9 Å². The third kappa shape index (κ3) is 3.98. The molecule has 0 bridgehead atoms. The molecule has 1 aromatic heterocycles. The molecular formula is C20H19N3O. The summed E-state index contributed by atoms with van der Waals surface area (Å²) in [5.74, 6) is -0.220. The zero-order valence-electron chi connectivity index (χ0n) is 13.7. The molecule has 4 nitrogen and oxygen atoms in total. The van der Waals surface area contributed by atoms with Gasteiger partial charge in [0.2, 0.25) is 0 Å². The Morgan fingerprint density at radius 3 is 2.12 bits per heavy atom. The van der Waals surface area contributed by atoms with Gasteiger partial charge in [-0.3, -0.25) is 4.79 Å². The SMILES string of the molecule is Cc1cccc(NC(=O)c2ccc(Nc3cccc(C)c3)cn2)c1. The van der Waals surface area contributed by atoms with Gasteiger partial charge in [-0.25, -0.2) is 4.98 Å². The van der Waals surface area contributed by atoms with Crippen LogP contribution in [0.2, 0.25) is 0 Å². The van der Waals surface area contributed by atoms with Gasteiger partial charge >= 0.3 is 0 Å². The van der Waals surface area contributed by atoms with Gasteiger partial charge in [0, 0.05) is 11.4 Å². The molecule has 0 atom stereocenters. The van der Waals surface area contributed by atoms with E-state index < -0.39 is 0 Å². The molecule has 120 valence electrons. The lowest BCUT2D eigenvalue weighted by Crippen LogP contribution is -2.13. The Bertz CT molecular complexity index is 857. The highest BCUT2D eigenvalue weighted by molar-refractivity contribution is 6.03. The summed E-state index contributed by atoms with van der Waals surface area (Å²) in [6.45, 7) is 4.03. The number of rotatable bonds is 4. The summed E-state index contributed by atoms with van der Waals surface area (Å²) in [4.78, 5) is 16.5. The Morgan fingerprint density at radius 2 is 1.50 bits per heavy atom. The normalized spacial score (nSPS) is 10.2. The number of nitrogens with one attached hydrogen (secondary N) is 2. The number of amides is 1. The van der Waals surface area contributed by atoms with E-state index in [1.807, 2.05) is 62.4 Å². The van der Waals surface area contributed by atoms with E-state index >= 15 is 0 Å². The van der Waals surface area contributed by atoms with E-state index in [0.717, 1.165) is 22.6 Å². The van der Waals surface area contributed by atoms with Crippen LogP contribution in [0.3, 0.4) is 0 Å². The zero-order chi connectivity index (χ0) is 16.9. The number of aryl methyl sites for hydroxylation is 2. The number of nitrogens with zero attached hydrogens (tertiary/aromatic N) is 1. The number of anilines is 3. The minimum Gasteiger partial charge on any atom is -0.354 e. The number of hydrogen-bond donors (Lipinski definition) is 2. The van der Waals surface area contributed by atoms with Crippen LogP contribution in [0.15, 0.2) is 66.9 Å². The third-order valence-electron chi connectivity index (χ3n) is 3.58. The van der Waals surface area contributed by atoms with Crippen LogP contribution in [0.4, 0.5) is 17.1 Å². The fourth-order valence-corrected chi connectivity index (χ4v) is 2.41. The number of carbonyl (C=O) groups excluding carboxylic acids is 1. The van der Waals surface area contributed by atoms with Crippen LogP contribution in [-0.2, 0) is 0 Å². The molecule has 0 spiro atoms. The van der Waals surface area contributed by atoms with Crippen LogP contribution in [0.5, 0.6) is 0 Å². The summed E-state index contributed by atoms with van der Waals surface area (Å²) in [5, 5.41) is 6.13. The quantitative estimate of drug-likeness (QED) is 0.733. The van der Waals surface area contributed by atoms with Crippen LogP contribution in [0.25, 0.3) is 0 Å². The van der Waals surface area contributed by atoms with E-state index in [0.29, 0.717) is 5.69 Å². The predicted molar refractivity (Wildman–Crippen MR) is 97.8 cm³/mol. The van der Waals surface area contributed by atoms with Crippen molar-refractivity contribution in [1.82, 2.24) is 4.98 Å². The van der Waals surface area contributed by atoms with Crippen molar-refractivity contribution in [1.29, 1.82) is 0 Å². The fraction of sp³-hybridized carbons (Fsp3) is 0.100. The number of carbonyl (C=O) groups is 1. The average molecular weight is 317 g/mol. The number of hydrogen-bond acceptors (Lipinski definition) is 3. The Morgan fingerprint density at radius 1 is 0.833 bits per heavy atom. The van der Waals surface area contributed by atoms with Gasteiger partial charge < -0.3 is 10.6 Å². The van der Waals surface area contributed by atoms with Gasteiger partial charge in [-0.2, -0.15) is 0 Å². The molecular weight excluding hydrogens is 298 g/mol. The Balaban J connectivity index is 1.68. The number of pyridine rings is 1. The fourth-order valence-electron chi connectivity index (χ4n) is 2.41. The Hall–Kier alpha value is -3.14. The molecule has 4 heteroatoms. The van der Waals surface area contributed by atoms with E-state index in [1.54, 1.807) is 12.3 Å². The third-order valence-corrected chi connectivity index (χ3v) is 3.58. The molecule has 24 heavy (non-hydrogen) atoms. The van der Waals surface area contributed by atoms with Crippen molar-refractivity contribution in [3.05, 3.63) is 83.7 Å². The van der Waals surface area contributed by atoms with Crippen LogP contribution >= 0.6 is 0 Å². The monoisotopic (exact) mass is 317 g/mol. The lowest BCUT2D eigenvalue weighted by molar-refractivity contribution is 0.102. The molecule has 2 aromatic carbocycles. The summed E-state index contributed by atoms with van der Waals surface area (Å²) in [7, 11) is 0. The van der Waals surface area contributed by atoms with Crippen LogP contribution < -0.4 is 10.6 Å². The van der Waals surface area contributed by atoms with E-state index in [4.69, 9.17) is 0 Å². The standard InChI is InChI=1S/C20H19N3O/c1-14-5-3-7-16(11-14)22-18-9-10-19(21-13-18)20(24)23-17-8-4-6-15(2)12-17/h3-13,22H,1-2H3,(H,23,24). The highest BCUT2D eigenvalue weighted by atomic mass is 16.1. The molecule has 0 saturated heterocycles. The first-order valence-corrected chi connectivity index (χ1v) is 7.78. The zero-order valence-corrected chi connectivity index (χ0v) is 13.7. The van der Waals surface area contributed by atoms with E-state index in [9.17, 15) is 4.79 Å². The van der Waals surface area contributed by atoms with Gasteiger partial charge in [0.1, 0.15) is 5.69 Å². The molecule has 3 rings (SSSR count). The van der Waals surface area contributed by atoms with Gasteiger partial charge in [-0.15, -0.1) is 0 Å². The van der Waals surface area contributed by atoms with E-state index in [2.05, 4.69) is 21.7 Å². The molecule has 1 heterocycles. The van der Waals surface area contributed by atoms with Crippen molar-refractivity contribution < 1.29 is 4.79 Å². The topological polar surface area (TPSA) is 54.0 Å². The largest absolute Gasteiger partial charge is 0.354 e. The lowest BCUT2D eigenvalue weighted by Gasteiger charge is -2.08. The molecule has 0 fully saturated rings. The van der Waals surface area contributed by atoms with Crippen molar-refractivity contribution >= 4 is 23.0 Å². The smallest absolute Gasteiger partial charge is 0.274 e. The second-order valence-corrected chi connectivity index (χ2v) is 5.75. The number of benzene rings is 2. The van der Waals surface area contributed by atoms with Gasteiger partial charge in [0.05, 0.1) is 11.9 Å². The molecule has 0 aliphatic rings. The maximum Gasteiger partial charge on any atom is 0.274 e. The molecule has 0 radical (unpaired) electrons. The highest BCUT2D eigenvalue weighted by Crippen LogP contribution is 2.17. The van der Waals surface area contributed by atoms with Crippen molar-refractivity contribution in [2.75, 3.05) is 10.6 Å². The highest BCUT2D eigenvalue weighted by Gasteiger charge is 2.08. The molecule has 0 unspecified atom stereocenters. The molecule has 1 amide bonds. The molecule has 0 aliphatic carbocycles. The summed E-state index contributed by atoms with van der Waals surface area (Å²) < 4.78 is 0. The van der Waals surface area contributed by atoms with E-state index in [-0.39, 0.29) is 5.91 Å². The minimum atomic E-state index is -0.220. The Labute approximate surface area is 141 Å². The van der Waals surface area contributed by atoms with Crippen molar-refractivity contribution in [2.45, 2.75) is 13.8 Å². The second kappa shape index (κ2) is 6.96. The van der Waals surface area contributed by atoms with Crippen molar-refractivity contribution in [3.8, 4) is 0 Å². The predicted octanol–water partition coefficient (Wildman–Crippen LogP) is 4.69. The number of aromatic nitrogens is 1. The second-order valence-electron chi connectivity index (χ2n) is 5.75. The van der Waals surface area contributed by atoms with Gasteiger partial charge in [0.15, 0.2) is 0 Å². The molecule has 0 aliphatic heterocycles. The van der Waals surface area contributed by atoms with Crippen LogP contribution in [0.1, 0.15) is 21.6 Å². The molecule has 0 saturated carbocycles. The first kappa shape index (κ1) is 15.7. The maximum atomic E-state index is 12.2. The van der Waals surface area contributed by atoms with Crippen LogP contribution in [0, 0.1) is 13.8 Å². The van der Waals surface area contributed by atoms with Crippen molar-refractivity contribution in [3.63, 3.8) is 0 Å². The van der Waals surface area contributed by atoms with Gasteiger partial charge in [0.25, 0.3) is 5.91 Å². The van der Waals surface area contributed by atoms with Crippen molar-refractivity contribution in [2.24, 2.45) is 0 Å². The minimum absolute atomic E-state index is 0.220. The van der Waals surface area contributed by atoms with E-state index in [1.165, 1.54) is 5.56 Å². The Kier molecular flexibility index (Phi) is 4.57. The molecule has 2 N–H and O–H groups in total. The summed E-state index contributed by atoms with van der Waals surface area (Å²) in [6, 6.07) is 19.3. The molecule has 3 aromatic rings.